The van der Waals surface area contributed by atoms with Crippen LogP contribution in [-0.4, -0.2) is 30.6 Å². The number of aromatic nitrogens is 2. The zero-order valence-electron chi connectivity index (χ0n) is 19.1. The van der Waals surface area contributed by atoms with Crippen molar-refractivity contribution in [3.8, 4) is 10.6 Å². The smallest absolute Gasteiger partial charge is 0.244 e. The summed E-state index contributed by atoms with van der Waals surface area (Å²) in [5.41, 5.74) is 3.15. The third kappa shape index (κ3) is 6.06. The predicted molar refractivity (Wildman–Crippen MR) is 136 cm³/mol. The number of carbonyl (C=O) groups is 1. The van der Waals surface area contributed by atoms with Gasteiger partial charge < -0.3 is 0 Å². The molecule has 2 atom stereocenters. The predicted octanol–water partition coefficient (Wildman–Crippen LogP) is 5.22. The summed E-state index contributed by atoms with van der Waals surface area (Å²) in [6.45, 7) is 9.20. The van der Waals surface area contributed by atoms with Crippen molar-refractivity contribution in [3.05, 3.63) is 57.6 Å². The summed E-state index contributed by atoms with van der Waals surface area (Å²) < 4.78 is 30.1. The lowest BCUT2D eigenvalue weighted by atomic mass is 9.99. The average Bonchev–Trinajstić information content (AvgIpc) is 3.19. The second-order valence-corrected chi connectivity index (χ2v) is 11.7. The third-order valence-corrected chi connectivity index (χ3v) is 8.56. The highest BCUT2D eigenvalue weighted by atomic mass is 79.9. The van der Waals surface area contributed by atoms with Crippen LogP contribution in [0.5, 0.6) is 0 Å². The molecule has 33 heavy (non-hydrogen) atoms. The lowest BCUT2D eigenvalue weighted by Crippen LogP contribution is -2.47. The van der Waals surface area contributed by atoms with Crippen LogP contribution in [0, 0.1) is 26.7 Å². The molecule has 1 amide bonds. The van der Waals surface area contributed by atoms with Crippen LogP contribution in [0.25, 0.3) is 10.6 Å². The van der Waals surface area contributed by atoms with Gasteiger partial charge in [0.25, 0.3) is 0 Å². The fourth-order valence-electron chi connectivity index (χ4n) is 3.65. The number of benzene rings is 2. The van der Waals surface area contributed by atoms with Crippen LogP contribution in [0.3, 0.4) is 0 Å². The van der Waals surface area contributed by atoms with Crippen molar-refractivity contribution in [1.29, 1.82) is 0 Å². The Morgan fingerprint density at radius 3 is 2.27 bits per heavy atom. The van der Waals surface area contributed by atoms with Gasteiger partial charge in [-0.05, 0) is 49.9 Å². The number of rotatable bonds is 8. The largest absolute Gasteiger partial charge is 0.299 e. The zero-order valence-corrected chi connectivity index (χ0v) is 22.4. The maximum absolute atomic E-state index is 13.3. The van der Waals surface area contributed by atoms with Gasteiger partial charge in [-0.3, -0.25) is 10.1 Å². The normalized spacial score (nSPS) is 13.5. The fraction of sp³-hybridized carbons (Fsp3) is 0.348. The summed E-state index contributed by atoms with van der Waals surface area (Å²) in [7, 11) is -3.92. The first-order chi connectivity index (χ1) is 15.5. The van der Waals surface area contributed by atoms with Crippen LogP contribution in [0.2, 0.25) is 0 Å². The number of aryl methyl sites for hydroxylation is 3. The van der Waals surface area contributed by atoms with E-state index in [4.69, 9.17) is 0 Å². The number of sulfonamides is 1. The molecule has 0 spiro atoms. The van der Waals surface area contributed by atoms with E-state index < -0.39 is 22.0 Å². The number of nitrogens with one attached hydrogen (secondary N) is 2. The first-order valence-corrected chi connectivity index (χ1v) is 13.6. The molecule has 0 saturated carbocycles. The molecule has 2 aromatic carbocycles. The summed E-state index contributed by atoms with van der Waals surface area (Å²) in [5.74, 6) is -0.696. The summed E-state index contributed by atoms with van der Waals surface area (Å²) in [4.78, 5) is 13.3. The molecule has 0 aliphatic rings. The molecule has 2 N–H and O–H groups in total. The highest BCUT2D eigenvalue weighted by Crippen LogP contribution is 2.28. The molecule has 3 aromatic rings. The Morgan fingerprint density at radius 1 is 1.09 bits per heavy atom. The number of hydrogen-bond donors (Lipinski definition) is 2. The first kappa shape index (κ1) is 25.5. The van der Waals surface area contributed by atoms with E-state index in [-0.39, 0.29) is 10.8 Å². The second-order valence-electron chi connectivity index (χ2n) is 8.12. The van der Waals surface area contributed by atoms with Gasteiger partial charge in [-0.2, -0.15) is 4.72 Å². The molecule has 10 heteroatoms. The Labute approximate surface area is 207 Å². The van der Waals surface area contributed by atoms with Crippen LogP contribution in [0.1, 0.15) is 37.0 Å². The van der Waals surface area contributed by atoms with Crippen molar-refractivity contribution in [1.82, 2.24) is 14.9 Å². The Morgan fingerprint density at radius 2 is 1.70 bits per heavy atom. The minimum absolute atomic E-state index is 0.211. The van der Waals surface area contributed by atoms with Crippen molar-refractivity contribution in [2.75, 3.05) is 5.32 Å². The maximum Gasteiger partial charge on any atom is 0.244 e. The van der Waals surface area contributed by atoms with Gasteiger partial charge in [0, 0.05) is 10.0 Å². The SMILES string of the molecule is CC[C@H](C)[C@H](NS(=O)(=O)c1c(C)cc(C)cc1C)C(=O)Nc1nnc(-c2ccc(Br)cc2)s1. The van der Waals surface area contributed by atoms with Crippen LogP contribution in [0.15, 0.2) is 45.8 Å². The van der Waals surface area contributed by atoms with E-state index in [2.05, 4.69) is 36.2 Å². The standard InChI is InChI=1S/C23H27BrN4O3S2/c1-6-14(3)19(28-33(30,31)20-15(4)11-13(2)12-16(20)5)21(29)25-23-27-26-22(32-23)17-7-9-18(24)10-8-17/h7-12,14,19,28H,6H2,1-5H3,(H,25,27,29)/t14-,19-/m0/s1. The minimum Gasteiger partial charge on any atom is -0.299 e. The molecule has 0 unspecified atom stereocenters. The van der Waals surface area contributed by atoms with Crippen LogP contribution in [0.4, 0.5) is 5.13 Å². The van der Waals surface area contributed by atoms with Crippen molar-refractivity contribution in [2.24, 2.45) is 5.92 Å². The molecule has 0 aliphatic carbocycles. The second kappa shape index (κ2) is 10.4. The highest BCUT2D eigenvalue weighted by molar-refractivity contribution is 9.10. The molecule has 0 radical (unpaired) electrons. The third-order valence-electron chi connectivity index (χ3n) is 5.40. The van der Waals surface area contributed by atoms with E-state index in [0.717, 1.165) is 15.6 Å². The number of amides is 1. The van der Waals surface area contributed by atoms with Gasteiger partial charge in [0.05, 0.1) is 4.90 Å². The van der Waals surface area contributed by atoms with Gasteiger partial charge in [0.15, 0.2) is 0 Å². The van der Waals surface area contributed by atoms with Crippen LogP contribution >= 0.6 is 27.3 Å². The monoisotopic (exact) mass is 550 g/mol. The Hall–Kier alpha value is -2.14. The van der Waals surface area contributed by atoms with Gasteiger partial charge in [-0.25, -0.2) is 8.42 Å². The molecular weight excluding hydrogens is 524 g/mol. The fourth-order valence-corrected chi connectivity index (χ4v) is 6.42. The Bertz CT molecular complexity index is 1230. The zero-order chi connectivity index (χ0) is 24.3. The van der Waals surface area contributed by atoms with Gasteiger partial charge in [-0.1, -0.05) is 77.4 Å². The van der Waals surface area contributed by atoms with E-state index in [1.54, 1.807) is 13.8 Å². The van der Waals surface area contributed by atoms with Gasteiger partial charge in [0.1, 0.15) is 11.0 Å². The maximum atomic E-state index is 13.3. The van der Waals surface area contributed by atoms with Crippen molar-refractivity contribution in [2.45, 2.75) is 52.0 Å². The molecule has 176 valence electrons. The van der Waals surface area contributed by atoms with Gasteiger partial charge in [-0.15, -0.1) is 10.2 Å². The Kier molecular flexibility index (Phi) is 8.04. The molecule has 1 heterocycles. The number of anilines is 1. The van der Waals surface area contributed by atoms with Crippen molar-refractivity contribution in [3.63, 3.8) is 0 Å². The number of hydrogen-bond acceptors (Lipinski definition) is 6. The van der Waals surface area contributed by atoms with Crippen LogP contribution < -0.4 is 10.0 Å². The summed E-state index contributed by atoms with van der Waals surface area (Å²) in [6, 6.07) is 10.3. The van der Waals surface area contributed by atoms with E-state index in [1.807, 2.05) is 57.2 Å². The number of nitrogens with zero attached hydrogens (tertiary/aromatic N) is 2. The number of carbonyl (C=O) groups excluding carboxylic acids is 1. The molecule has 3 rings (SSSR count). The highest BCUT2D eigenvalue weighted by Gasteiger charge is 2.32. The van der Waals surface area contributed by atoms with Crippen LogP contribution in [-0.2, 0) is 14.8 Å². The van der Waals surface area contributed by atoms with Crippen molar-refractivity contribution >= 4 is 48.3 Å². The molecule has 7 nitrogen and oxygen atoms in total. The Balaban J connectivity index is 1.83. The quantitative estimate of drug-likeness (QED) is 0.400. The average molecular weight is 552 g/mol. The molecule has 0 bridgehead atoms. The van der Waals surface area contributed by atoms with Crippen molar-refractivity contribution < 1.29 is 13.2 Å². The van der Waals surface area contributed by atoms with E-state index in [9.17, 15) is 13.2 Å². The summed E-state index contributed by atoms with van der Waals surface area (Å²) in [6.07, 6.45) is 0.618. The molecule has 0 fully saturated rings. The van der Waals surface area contributed by atoms with Gasteiger partial charge in [0.2, 0.25) is 21.1 Å². The van der Waals surface area contributed by atoms with E-state index >= 15 is 0 Å². The number of halogens is 1. The lowest BCUT2D eigenvalue weighted by molar-refractivity contribution is -0.118. The lowest BCUT2D eigenvalue weighted by Gasteiger charge is -2.24. The molecular formula is C23H27BrN4O3S2. The molecule has 0 saturated heterocycles. The minimum atomic E-state index is -3.92. The van der Waals surface area contributed by atoms with Gasteiger partial charge >= 0.3 is 0 Å². The summed E-state index contributed by atoms with van der Waals surface area (Å²) >= 11 is 4.63. The first-order valence-electron chi connectivity index (χ1n) is 10.5. The van der Waals surface area contributed by atoms with E-state index in [1.165, 1.54) is 11.3 Å². The topological polar surface area (TPSA) is 101 Å². The molecule has 0 aliphatic heterocycles. The summed E-state index contributed by atoms with van der Waals surface area (Å²) in [5, 5.41) is 11.9. The van der Waals surface area contributed by atoms with E-state index in [0.29, 0.717) is 27.7 Å². The molecule has 1 aromatic heterocycles.